The highest BCUT2D eigenvalue weighted by atomic mass is 15.3. The van der Waals surface area contributed by atoms with Gasteiger partial charge in [0.15, 0.2) is 0 Å². The molecule has 1 N–H and O–H groups in total. The lowest BCUT2D eigenvalue weighted by Crippen LogP contribution is -2.17. The molecule has 1 aromatic heterocycles. The quantitative estimate of drug-likeness (QED) is 0.635. The van der Waals surface area contributed by atoms with Crippen LogP contribution in [-0.4, -0.2) is 27.9 Å². The predicted molar refractivity (Wildman–Crippen MR) is 47.8 cm³/mol. The molecule has 4 heteroatoms. The van der Waals surface area contributed by atoms with E-state index in [-0.39, 0.29) is 0 Å². The van der Waals surface area contributed by atoms with Gasteiger partial charge in [-0.15, -0.1) is 0 Å². The number of nitrogens with one attached hydrogen (secondary N) is 1. The first kappa shape index (κ1) is 9.19. The maximum absolute atomic E-state index is 4.01. The lowest BCUT2D eigenvalue weighted by molar-refractivity contribution is 0.541. The van der Waals surface area contributed by atoms with Crippen molar-refractivity contribution < 1.29 is 0 Å². The molecular formula is C8H16N4. The van der Waals surface area contributed by atoms with Crippen LogP contribution >= 0.6 is 0 Å². The second-order valence-corrected chi connectivity index (χ2v) is 2.76. The first-order chi connectivity index (χ1) is 5.93. The third-order valence-electron chi connectivity index (χ3n) is 1.63. The summed E-state index contributed by atoms with van der Waals surface area (Å²) in [4.78, 5) is 3.87. The van der Waals surface area contributed by atoms with Crippen LogP contribution in [0, 0.1) is 0 Å². The topological polar surface area (TPSA) is 42.7 Å². The average Bonchev–Trinajstić information content (AvgIpc) is 2.57. The van der Waals surface area contributed by atoms with Gasteiger partial charge >= 0.3 is 0 Å². The van der Waals surface area contributed by atoms with Crippen molar-refractivity contribution in [3.05, 3.63) is 12.7 Å². The molecule has 0 amide bonds. The SMILES string of the molecule is CCCNCCCn1cncn1. The standard InChI is InChI=1S/C8H16N4/c1-2-4-9-5-3-6-12-8-10-7-11-12/h7-9H,2-6H2,1H3. The van der Waals surface area contributed by atoms with Gasteiger partial charge in [-0.25, -0.2) is 4.98 Å². The summed E-state index contributed by atoms with van der Waals surface area (Å²) in [5, 5.41) is 7.35. The van der Waals surface area contributed by atoms with Crippen molar-refractivity contribution in [1.82, 2.24) is 20.1 Å². The zero-order chi connectivity index (χ0) is 8.65. The van der Waals surface area contributed by atoms with Crippen LogP contribution in [-0.2, 0) is 6.54 Å². The van der Waals surface area contributed by atoms with Gasteiger partial charge in [0.1, 0.15) is 12.7 Å². The van der Waals surface area contributed by atoms with E-state index in [1.54, 1.807) is 12.7 Å². The molecule has 0 radical (unpaired) electrons. The van der Waals surface area contributed by atoms with E-state index in [1.165, 1.54) is 6.42 Å². The number of hydrogen-bond acceptors (Lipinski definition) is 3. The van der Waals surface area contributed by atoms with Crippen LogP contribution in [0.25, 0.3) is 0 Å². The summed E-state index contributed by atoms with van der Waals surface area (Å²) >= 11 is 0. The number of rotatable bonds is 6. The molecule has 0 saturated carbocycles. The zero-order valence-corrected chi connectivity index (χ0v) is 7.53. The van der Waals surface area contributed by atoms with Gasteiger partial charge in [-0.05, 0) is 25.9 Å². The normalized spacial score (nSPS) is 10.4. The summed E-state index contributed by atoms with van der Waals surface area (Å²) in [6.45, 7) is 5.30. The molecule has 1 heterocycles. The molecule has 4 nitrogen and oxygen atoms in total. The van der Waals surface area contributed by atoms with Crippen molar-refractivity contribution in [3.63, 3.8) is 0 Å². The van der Waals surface area contributed by atoms with E-state index < -0.39 is 0 Å². The molecule has 68 valence electrons. The Bertz CT molecular complexity index is 183. The number of aromatic nitrogens is 3. The Morgan fingerprint density at radius 1 is 1.42 bits per heavy atom. The van der Waals surface area contributed by atoms with Crippen LogP contribution < -0.4 is 5.32 Å². The Balaban J connectivity index is 1.96. The number of hydrogen-bond donors (Lipinski definition) is 1. The van der Waals surface area contributed by atoms with Crippen molar-refractivity contribution in [2.24, 2.45) is 0 Å². The highest BCUT2D eigenvalue weighted by molar-refractivity contribution is 4.56. The second kappa shape index (κ2) is 5.71. The van der Waals surface area contributed by atoms with E-state index in [1.807, 2.05) is 4.68 Å². The molecule has 0 fully saturated rings. The number of nitrogens with zero attached hydrogens (tertiary/aromatic N) is 3. The van der Waals surface area contributed by atoms with Gasteiger partial charge < -0.3 is 5.32 Å². The van der Waals surface area contributed by atoms with Gasteiger partial charge in [-0.1, -0.05) is 6.92 Å². The van der Waals surface area contributed by atoms with Gasteiger partial charge in [0.25, 0.3) is 0 Å². The summed E-state index contributed by atoms with van der Waals surface area (Å²) in [6.07, 6.45) is 5.63. The highest BCUT2D eigenvalue weighted by Gasteiger charge is 1.90. The molecule has 1 rings (SSSR count). The molecule has 0 aliphatic carbocycles. The molecule has 1 aromatic rings. The van der Waals surface area contributed by atoms with Gasteiger partial charge in [0, 0.05) is 6.54 Å². The Hall–Kier alpha value is -0.900. The molecule has 0 unspecified atom stereocenters. The average molecular weight is 168 g/mol. The van der Waals surface area contributed by atoms with E-state index in [4.69, 9.17) is 0 Å². The van der Waals surface area contributed by atoms with Crippen LogP contribution in [0.3, 0.4) is 0 Å². The van der Waals surface area contributed by atoms with Crippen molar-refractivity contribution in [1.29, 1.82) is 0 Å². The van der Waals surface area contributed by atoms with Gasteiger partial charge in [-0.3, -0.25) is 4.68 Å². The summed E-state index contributed by atoms with van der Waals surface area (Å²) < 4.78 is 1.85. The molecule has 0 atom stereocenters. The van der Waals surface area contributed by atoms with Crippen molar-refractivity contribution >= 4 is 0 Å². The molecule has 0 aliphatic heterocycles. The molecule has 0 aliphatic rings. The van der Waals surface area contributed by atoms with E-state index in [0.29, 0.717) is 0 Å². The lowest BCUT2D eigenvalue weighted by Gasteiger charge is -2.01. The van der Waals surface area contributed by atoms with Crippen molar-refractivity contribution in [3.8, 4) is 0 Å². The van der Waals surface area contributed by atoms with Gasteiger partial charge in [-0.2, -0.15) is 5.10 Å². The van der Waals surface area contributed by atoms with E-state index in [0.717, 1.165) is 26.1 Å². The van der Waals surface area contributed by atoms with Crippen molar-refractivity contribution in [2.45, 2.75) is 26.3 Å². The van der Waals surface area contributed by atoms with Gasteiger partial charge in [0.05, 0.1) is 0 Å². The first-order valence-corrected chi connectivity index (χ1v) is 4.46. The van der Waals surface area contributed by atoms with E-state index in [2.05, 4.69) is 22.3 Å². The second-order valence-electron chi connectivity index (χ2n) is 2.76. The summed E-state index contributed by atoms with van der Waals surface area (Å²) in [6, 6.07) is 0. The Morgan fingerprint density at radius 3 is 3.00 bits per heavy atom. The summed E-state index contributed by atoms with van der Waals surface area (Å²) in [5.74, 6) is 0. The van der Waals surface area contributed by atoms with Crippen molar-refractivity contribution in [2.75, 3.05) is 13.1 Å². The van der Waals surface area contributed by atoms with Crippen LogP contribution in [0.5, 0.6) is 0 Å². The predicted octanol–water partition coefficient (Wildman–Crippen LogP) is 0.668. The first-order valence-electron chi connectivity index (χ1n) is 4.46. The highest BCUT2D eigenvalue weighted by Crippen LogP contribution is 1.84. The molecule has 0 aromatic carbocycles. The third-order valence-corrected chi connectivity index (χ3v) is 1.63. The zero-order valence-electron chi connectivity index (χ0n) is 7.53. The summed E-state index contributed by atoms with van der Waals surface area (Å²) in [7, 11) is 0. The van der Waals surface area contributed by atoms with Crippen LogP contribution in [0.2, 0.25) is 0 Å². The fourth-order valence-corrected chi connectivity index (χ4v) is 1.02. The fourth-order valence-electron chi connectivity index (χ4n) is 1.02. The Labute approximate surface area is 73.0 Å². The smallest absolute Gasteiger partial charge is 0.137 e. The number of aryl methyl sites for hydroxylation is 1. The minimum atomic E-state index is 0.955. The van der Waals surface area contributed by atoms with Crippen LogP contribution in [0.4, 0.5) is 0 Å². The van der Waals surface area contributed by atoms with Crippen LogP contribution in [0.15, 0.2) is 12.7 Å². The van der Waals surface area contributed by atoms with E-state index in [9.17, 15) is 0 Å². The van der Waals surface area contributed by atoms with E-state index >= 15 is 0 Å². The fraction of sp³-hybridized carbons (Fsp3) is 0.750. The maximum atomic E-state index is 4.01. The Morgan fingerprint density at radius 2 is 2.33 bits per heavy atom. The molecule has 0 saturated heterocycles. The Kier molecular flexibility index (Phi) is 4.37. The third kappa shape index (κ3) is 3.48. The lowest BCUT2D eigenvalue weighted by atomic mass is 10.4. The maximum Gasteiger partial charge on any atom is 0.137 e. The van der Waals surface area contributed by atoms with Crippen LogP contribution in [0.1, 0.15) is 19.8 Å². The molecule has 0 spiro atoms. The minimum absolute atomic E-state index is 0.955. The largest absolute Gasteiger partial charge is 0.317 e. The minimum Gasteiger partial charge on any atom is -0.317 e. The molecule has 12 heavy (non-hydrogen) atoms. The molecular weight excluding hydrogens is 152 g/mol. The van der Waals surface area contributed by atoms with Gasteiger partial charge in [0.2, 0.25) is 0 Å². The summed E-state index contributed by atoms with van der Waals surface area (Å²) in [5.41, 5.74) is 0. The molecule has 0 bridgehead atoms. The monoisotopic (exact) mass is 168 g/mol.